The summed E-state index contributed by atoms with van der Waals surface area (Å²) in [6.07, 6.45) is 2.20. The summed E-state index contributed by atoms with van der Waals surface area (Å²) in [6.45, 7) is 2.00. The van der Waals surface area contributed by atoms with E-state index in [-0.39, 0.29) is 17.2 Å². The summed E-state index contributed by atoms with van der Waals surface area (Å²) in [4.78, 5) is 22.1. The Bertz CT molecular complexity index is 430. The number of hydrogen-bond donors (Lipinski definition) is 3. The molecule has 1 rings (SSSR count). The highest BCUT2D eigenvalue weighted by Gasteiger charge is 2.08. The van der Waals surface area contributed by atoms with E-state index in [0.717, 1.165) is 12.8 Å². The summed E-state index contributed by atoms with van der Waals surface area (Å²) in [5, 5.41) is 11.4. The van der Waals surface area contributed by atoms with E-state index >= 15 is 0 Å². The number of carbonyl (C=O) groups excluding carboxylic acids is 1. The average Bonchev–Trinajstić information content (AvgIpc) is 2.28. The van der Waals surface area contributed by atoms with Gasteiger partial charge in [-0.25, -0.2) is 4.79 Å². The molecule has 0 fully saturated rings. The van der Waals surface area contributed by atoms with Crippen molar-refractivity contribution in [2.75, 3.05) is 11.1 Å². The zero-order valence-corrected chi connectivity index (χ0v) is 9.69. The Morgan fingerprint density at radius 2 is 2.12 bits per heavy atom. The van der Waals surface area contributed by atoms with E-state index < -0.39 is 5.97 Å². The number of hydrogen-bond acceptors (Lipinski definition) is 3. The number of amides is 1. The first-order chi connectivity index (χ1) is 8.04. The van der Waals surface area contributed by atoms with Crippen molar-refractivity contribution in [2.45, 2.75) is 26.2 Å². The van der Waals surface area contributed by atoms with Crippen molar-refractivity contribution in [3.63, 3.8) is 0 Å². The molecule has 0 radical (unpaired) electrons. The van der Waals surface area contributed by atoms with Gasteiger partial charge < -0.3 is 16.2 Å². The summed E-state index contributed by atoms with van der Waals surface area (Å²) in [5.41, 5.74) is 6.48. The fourth-order valence-corrected chi connectivity index (χ4v) is 1.36. The molecule has 0 saturated carbocycles. The highest BCUT2D eigenvalue weighted by atomic mass is 16.4. The van der Waals surface area contributed by atoms with Crippen LogP contribution < -0.4 is 11.1 Å². The average molecular weight is 236 g/mol. The molecule has 0 heterocycles. The smallest absolute Gasteiger partial charge is 0.335 e. The predicted molar refractivity (Wildman–Crippen MR) is 66.0 cm³/mol. The van der Waals surface area contributed by atoms with Gasteiger partial charge in [0.05, 0.1) is 16.9 Å². The maximum Gasteiger partial charge on any atom is 0.335 e. The number of carboxylic acid groups (broad SMARTS) is 1. The highest BCUT2D eigenvalue weighted by molar-refractivity contribution is 5.96. The van der Waals surface area contributed by atoms with Gasteiger partial charge in [0.25, 0.3) is 0 Å². The number of benzene rings is 1. The monoisotopic (exact) mass is 236 g/mol. The van der Waals surface area contributed by atoms with E-state index in [9.17, 15) is 9.59 Å². The molecule has 0 saturated heterocycles. The maximum atomic E-state index is 11.5. The third-order valence-corrected chi connectivity index (χ3v) is 2.33. The SMILES string of the molecule is CCCCC(=O)Nc1ccc(C(=O)O)cc1N. The van der Waals surface area contributed by atoms with Crippen LogP contribution in [0.15, 0.2) is 18.2 Å². The maximum absolute atomic E-state index is 11.5. The Balaban J connectivity index is 2.72. The van der Waals surface area contributed by atoms with Crippen molar-refractivity contribution in [1.82, 2.24) is 0 Å². The molecule has 0 aromatic heterocycles. The number of carboxylic acids is 1. The minimum Gasteiger partial charge on any atom is -0.478 e. The van der Waals surface area contributed by atoms with Crippen LogP contribution in [0.1, 0.15) is 36.5 Å². The molecule has 1 amide bonds. The van der Waals surface area contributed by atoms with Crippen molar-refractivity contribution >= 4 is 23.3 Å². The Labute approximate surface area is 99.6 Å². The molecule has 0 bridgehead atoms. The summed E-state index contributed by atoms with van der Waals surface area (Å²) < 4.78 is 0. The Hall–Kier alpha value is -2.04. The van der Waals surface area contributed by atoms with Crippen molar-refractivity contribution in [3.8, 4) is 0 Å². The molecule has 5 heteroatoms. The van der Waals surface area contributed by atoms with Crippen LogP contribution in [-0.4, -0.2) is 17.0 Å². The van der Waals surface area contributed by atoms with Crippen LogP contribution in [0.2, 0.25) is 0 Å². The summed E-state index contributed by atoms with van der Waals surface area (Å²) in [5.74, 6) is -1.15. The lowest BCUT2D eigenvalue weighted by Crippen LogP contribution is -2.12. The molecule has 1 aromatic carbocycles. The fraction of sp³-hybridized carbons (Fsp3) is 0.333. The van der Waals surface area contributed by atoms with Gasteiger partial charge in [0.15, 0.2) is 0 Å². The van der Waals surface area contributed by atoms with Gasteiger partial charge in [-0.3, -0.25) is 4.79 Å². The standard InChI is InChI=1S/C12H16N2O3/c1-2-3-4-11(15)14-10-6-5-8(12(16)17)7-9(10)13/h5-7H,2-4,13H2,1H3,(H,14,15)(H,16,17). The second-order valence-electron chi connectivity index (χ2n) is 3.76. The Kier molecular flexibility index (Phi) is 4.51. The van der Waals surface area contributed by atoms with Gasteiger partial charge in [0.2, 0.25) is 5.91 Å². The molecular formula is C12H16N2O3. The number of nitrogens with two attached hydrogens (primary N) is 1. The third-order valence-electron chi connectivity index (χ3n) is 2.33. The largest absolute Gasteiger partial charge is 0.478 e. The number of nitrogen functional groups attached to an aromatic ring is 1. The molecule has 17 heavy (non-hydrogen) atoms. The lowest BCUT2D eigenvalue weighted by molar-refractivity contribution is -0.116. The summed E-state index contributed by atoms with van der Waals surface area (Å²) in [6, 6.07) is 4.24. The second kappa shape index (κ2) is 5.89. The number of aromatic carboxylic acids is 1. The number of carbonyl (C=O) groups is 2. The molecule has 92 valence electrons. The quantitative estimate of drug-likeness (QED) is 0.682. The first-order valence-electron chi connectivity index (χ1n) is 5.47. The third kappa shape index (κ3) is 3.79. The normalized spacial score (nSPS) is 9.94. The number of nitrogens with one attached hydrogen (secondary N) is 1. The van der Waals surface area contributed by atoms with Gasteiger partial charge in [-0.15, -0.1) is 0 Å². The molecule has 4 N–H and O–H groups in total. The topological polar surface area (TPSA) is 92.4 Å². The van der Waals surface area contributed by atoms with Gasteiger partial charge in [-0.05, 0) is 24.6 Å². The molecule has 0 spiro atoms. The number of unbranched alkanes of at least 4 members (excludes halogenated alkanes) is 1. The molecule has 0 atom stereocenters. The van der Waals surface area contributed by atoms with Crippen LogP contribution >= 0.6 is 0 Å². The van der Waals surface area contributed by atoms with Gasteiger partial charge in [-0.1, -0.05) is 13.3 Å². The zero-order chi connectivity index (χ0) is 12.8. The van der Waals surface area contributed by atoms with Crippen molar-refractivity contribution in [1.29, 1.82) is 0 Å². The molecule has 5 nitrogen and oxygen atoms in total. The van der Waals surface area contributed by atoms with E-state index in [1.54, 1.807) is 0 Å². The van der Waals surface area contributed by atoms with Gasteiger partial charge >= 0.3 is 5.97 Å². The first kappa shape index (κ1) is 13.0. The van der Waals surface area contributed by atoms with Gasteiger partial charge in [0.1, 0.15) is 0 Å². The predicted octanol–water partition coefficient (Wildman–Crippen LogP) is 2.10. The van der Waals surface area contributed by atoms with Crippen LogP contribution in [0, 0.1) is 0 Å². The Morgan fingerprint density at radius 1 is 1.41 bits per heavy atom. The second-order valence-corrected chi connectivity index (χ2v) is 3.76. The van der Waals surface area contributed by atoms with Crippen LogP contribution in [0.25, 0.3) is 0 Å². The highest BCUT2D eigenvalue weighted by Crippen LogP contribution is 2.20. The van der Waals surface area contributed by atoms with E-state index in [1.807, 2.05) is 6.92 Å². The minimum atomic E-state index is -1.04. The molecule has 0 unspecified atom stereocenters. The van der Waals surface area contributed by atoms with Crippen LogP contribution in [0.5, 0.6) is 0 Å². The van der Waals surface area contributed by atoms with E-state index in [4.69, 9.17) is 10.8 Å². The van der Waals surface area contributed by atoms with Gasteiger partial charge in [0, 0.05) is 6.42 Å². The van der Waals surface area contributed by atoms with E-state index in [0.29, 0.717) is 12.1 Å². The number of anilines is 2. The lowest BCUT2D eigenvalue weighted by atomic mass is 10.1. The lowest BCUT2D eigenvalue weighted by Gasteiger charge is -2.08. The van der Waals surface area contributed by atoms with Crippen LogP contribution in [0.4, 0.5) is 11.4 Å². The molecule has 0 aliphatic rings. The first-order valence-corrected chi connectivity index (χ1v) is 5.47. The summed E-state index contributed by atoms with van der Waals surface area (Å²) in [7, 11) is 0. The molecule has 0 aliphatic carbocycles. The van der Waals surface area contributed by atoms with Crippen LogP contribution in [-0.2, 0) is 4.79 Å². The minimum absolute atomic E-state index is 0.106. The van der Waals surface area contributed by atoms with Crippen LogP contribution in [0.3, 0.4) is 0 Å². The Morgan fingerprint density at radius 3 is 2.65 bits per heavy atom. The van der Waals surface area contributed by atoms with Gasteiger partial charge in [-0.2, -0.15) is 0 Å². The number of rotatable bonds is 5. The zero-order valence-electron chi connectivity index (χ0n) is 9.69. The van der Waals surface area contributed by atoms with Crippen molar-refractivity contribution in [3.05, 3.63) is 23.8 Å². The molecule has 0 aliphatic heterocycles. The molecule has 1 aromatic rings. The summed E-state index contributed by atoms with van der Waals surface area (Å²) >= 11 is 0. The van der Waals surface area contributed by atoms with E-state index in [1.165, 1.54) is 18.2 Å². The molecular weight excluding hydrogens is 220 g/mol. The van der Waals surface area contributed by atoms with Crippen molar-refractivity contribution in [2.24, 2.45) is 0 Å². The van der Waals surface area contributed by atoms with E-state index in [2.05, 4.69) is 5.32 Å². The van der Waals surface area contributed by atoms with Crippen molar-refractivity contribution < 1.29 is 14.7 Å². The fourth-order valence-electron chi connectivity index (χ4n) is 1.36.